The van der Waals surface area contributed by atoms with Gasteiger partial charge in [-0.3, -0.25) is 4.79 Å². The first-order chi connectivity index (χ1) is 9.16. The average molecular weight is 299 g/mol. The molecule has 0 aliphatic heterocycles. The van der Waals surface area contributed by atoms with Gasteiger partial charge in [-0.25, -0.2) is 0 Å². The van der Waals surface area contributed by atoms with Gasteiger partial charge in [-0.2, -0.15) is 11.8 Å². The second kappa shape index (κ2) is 6.58. The lowest BCUT2D eigenvalue weighted by Crippen LogP contribution is -1.96. The van der Waals surface area contributed by atoms with Crippen molar-refractivity contribution in [2.75, 3.05) is 5.75 Å². The summed E-state index contributed by atoms with van der Waals surface area (Å²) < 4.78 is 5.48. The lowest BCUT2D eigenvalue weighted by atomic mass is 10.2. The maximum absolute atomic E-state index is 10.4. The number of hydrogen-bond acceptors (Lipinski definition) is 5. The van der Waals surface area contributed by atoms with Crippen LogP contribution in [-0.2, 0) is 10.5 Å². The van der Waals surface area contributed by atoms with Crippen molar-refractivity contribution in [1.82, 2.24) is 10.2 Å². The number of thioether (sulfide) groups is 1. The van der Waals surface area contributed by atoms with Crippen LogP contribution < -0.4 is 0 Å². The molecule has 0 aliphatic carbocycles. The number of rotatable bonds is 6. The Morgan fingerprint density at radius 2 is 2.16 bits per heavy atom. The number of nitrogens with zero attached hydrogens (tertiary/aromatic N) is 2. The summed E-state index contributed by atoms with van der Waals surface area (Å²) in [5.74, 6) is 1.03. The Morgan fingerprint density at radius 1 is 1.37 bits per heavy atom. The number of carboxylic acids is 1. The van der Waals surface area contributed by atoms with Gasteiger partial charge in [0.2, 0.25) is 11.8 Å². The van der Waals surface area contributed by atoms with Crippen LogP contribution in [0, 0.1) is 0 Å². The zero-order valence-electron chi connectivity index (χ0n) is 9.88. The molecule has 1 aromatic heterocycles. The molecule has 2 aromatic rings. The lowest BCUT2D eigenvalue weighted by Gasteiger charge is -1.97. The Labute approximate surface area is 119 Å². The average Bonchev–Trinajstić information content (AvgIpc) is 2.83. The van der Waals surface area contributed by atoms with E-state index in [4.69, 9.17) is 21.1 Å². The fraction of sp³-hybridized carbons (Fsp3) is 0.250. The second-order valence-electron chi connectivity index (χ2n) is 3.68. The number of aromatic nitrogens is 2. The molecule has 100 valence electrons. The van der Waals surface area contributed by atoms with E-state index in [9.17, 15) is 4.79 Å². The molecule has 0 radical (unpaired) electrons. The highest BCUT2D eigenvalue weighted by atomic mass is 35.5. The number of carbonyl (C=O) groups is 1. The minimum Gasteiger partial charge on any atom is -0.481 e. The van der Waals surface area contributed by atoms with Crippen LogP contribution in [0.1, 0.15) is 12.3 Å². The number of hydrogen-bond donors (Lipinski definition) is 1. The van der Waals surface area contributed by atoms with E-state index >= 15 is 0 Å². The summed E-state index contributed by atoms with van der Waals surface area (Å²) in [5, 5.41) is 16.9. The second-order valence-corrected chi connectivity index (χ2v) is 5.19. The van der Waals surface area contributed by atoms with Crippen molar-refractivity contribution in [2.24, 2.45) is 0 Å². The molecule has 0 fully saturated rings. The van der Waals surface area contributed by atoms with Crippen LogP contribution >= 0.6 is 23.4 Å². The third-order valence-electron chi connectivity index (χ3n) is 2.26. The lowest BCUT2D eigenvalue weighted by molar-refractivity contribution is -0.136. The predicted molar refractivity (Wildman–Crippen MR) is 73.2 cm³/mol. The third-order valence-corrected chi connectivity index (χ3v) is 3.53. The summed E-state index contributed by atoms with van der Waals surface area (Å²) in [4.78, 5) is 10.4. The van der Waals surface area contributed by atoms with Gasteiger partial charge in [0.25, 0.3) is 0 Å². The van der Waals surface area contributed by atoms with Crippen LogP contribution in [-0.4, -0.2) is 27.0 Å². The minimum atomic E-state index is -0.810. The molecule has 0 atom stereocenters. The Hall–Kier alpha value is -1.53. The molecule has 0 saturated carbocycles. The van der Waals surface area contributed by atoms with Crippen molar-refractivity contribution in [3.05, 3.63) is 35.2 Å². The summed E-state index contributed by atoms with van der Waals surface area (Å²) in [6.07, 6.45) is 0.121. The molecule has 1 aromatic carbocycles. The highest BCUT2D eigenvalue weighted by Crippen LogP contribution is 2.26. The smallest absolute Gasteiger partial charge is 0.304 e. The predicted octanol–water partition coefficient (Wildman–Crippen LogP) is 3.10. The molecule has 0 saturated heterocycles. The van der Waals surface area contributed by atoms with Crippen molar-refractivity contribution >= 4 is 29.3 Å². The number of aliphatic carboxylic acids is 1. The minimum absolute atomic E-state index is 0.121. The fourth-order valence-corrected chi connectivity index (χ4v) is 2.35. The molecule has 19 heavy (non-hydrogen) atoms. The van der Waals surface area contributed by atoms with Crippen LogP contribution in [0.25, 0.3) is 11.5 Å². The monoisotopic (exact) mass is 298 g/mol. The zero-order valence-corrected chi connectivity index (χ0v) is 11.4. The molecule has 1 heterocycles. The summed E-state index contributed by atoms with van der Waals surface area (Å²) in [7, 11) is 0. The molecular weight excluding hydrogens is 288 g/mol. The first kappa shape index (κ1) is 13.9. The van der Waals surface area contributed by atoms with Crippen LogP contribution in [0.3, 0.4) is 0 Å². The number of carboxylic acid groups (broad SMARTS) is 1. The third kappa shape index (κ3) is 3.97. The molecule has 5 nitrogen and oxygen atoms in total. The van der Waals surface area contributed by atoms with Gasteiger partial charge >= 0.3 is 5.97 Å². The van der Waals surface area contributed by atoms with Gasteiger partial charge in [0, 0.05) is 5.75 Å². The Balaban J connectivity index is 1.96. The number of halogens is 1. The van der Waals surface area contributed by atoms with Gasteiger partial charge in [0.1, 0.15) is 0 Å². The summed E-state index contributed by atoms with van der Waals surface area (Å²) >= 11 is 7.47. The van der Waals surface area contributed by atoms with E-state index in [-0.39, 0.29) is 6.42 Å². The maximum Gasteiger partial charge on any atom is 0.304 e. The standard InChI is InChI=1S/C12H11ClN2O3S/c13-9-4-2-1-3-8(9)12-15-14-10(18-12)7-19-6-5-11(16)17/h1-4H,5-7H2,(H,16,17). The van der Waals surface area contributed by atoms with Crippen molar-refractivity contribution in [3.8, 4) is 11.5 Å². The van der Waals surface area contributed by atoms with E-state index in [0.29, 0.717) is 33.9 Å². The molecule has 0 spiro atoms. The molecule has 1 N–H and O–H groups in total. The summed E-state index contributed by atoms with van der Waals surface area (Å²) in [6.45, 7) is 0. The van der Waals surface area contributed by atoms with Crippen molar-refractivity contribution in [2.45, 2.75) is 12.2 Å². The molecule has 0 bridgehead atoms. The van der Waals surface area contributed by atoms with Gasteiger partial charge in [-0.15, -0.1) is 10.2 Å². The van der Waals surface area contributed by atoms with Crippen molar-refractivity contribution in [3.63, 3.8) is 0 Å². The highest BCUT2D eigenvalue weighted by Gasteiger charge is 2.11. The van der Waals surface area contributed by atoms with E-state index in [1.807, 2.05) is 12.1 Å². The Morgan fingerprint density at radius 3 is 2.89 bits per heavy atom. The first-order valence-electron chi connectivity index (χ1n) is 5.53. The summed E-state index contributed by atoms with van der Waals surface area (Å²) in [5.41, 5.74) is 0.693. The van der Waals surface area contributed by atoms with Crippen molar-refractivity contribution < 1.29 is 14.3 Å². The van der Waals surface area contributed by atoms with Crippen LogP contribution in [0.2, 0.25) is 5.02 Å². The van der Waals surface area contributed by atoms with E-state index in [2.05, 4.69) is 10.2 Å². The quantitative estimate of drug-likeness (QED) is 0.826. The molecular formula is C12H11ClN2O3S. The Kier molecular flexibility index (Phi) is 4.81. The highest BCUT2D eigenvalue weighted by molar-refractivity contribution is 7.98. The normalized spacial score (nSPS) is 10.6. The SMILES string of the molecule is O=C(O)CCSCc1nnc(-c2ccccc2Cl)o1. The zero-order chi connectivity index (χ0) is 13.7. The molecule has 0 aliphatic rings. The van der Waals surface area contributed by atoms with Gasteiger partial charge in [-0.05, 0) is 12.1 Å². The largest absolute Gasteiger partial charge is 0.481 e. The first-order valence-corrected chi connectivity index (χ1v) is 7.07. The fourth-order valence-electron chi connectivity index (χ4n) is 1.37. The van der Waals surface area contributed by atoms with Crippen LogP contribution in [0.4, 0.5) is 0 Å². The van der Waals surface area contributed by atoms with Crippen LogP contribution in [0.5, 0.6) is 0 Å². The molecule has 0 amide bonds. The van der Waals surface area contributed by atoms with Crippen LogP contribution in [0.15, 0.2) is 28.7 Å². The van der Waals surface area contributed by atoms with E-state index in [0.717, 1.165) is 0 Å². The van der Waals surface area contributed by atoms with E-state index in [1.165, 1.54) is 11.8 Å². The summed E-state index contributed by atoms with van der Waals surface area (Å²) in [6, 6.07) is 7.22. The van der Waals surface area contributed by atoms with Crippen molar-refractivity contribution in [1.29, 1.82) is 0 Å². The van der Waals surface area contributed by atoms with Gasteiger partial charge in [0.15, 0.2) is 0 Å². The van der Waals surface area contributed by atoms with Gasteiger partial charge < -0.3 is 9.52 Å². The van der Waals surface area contributed by atoms with Gasteiger partial charge in [-0.1, -0.05) is 23.7 Å². The van der Waals surface area contributed by atoms with E-state index in [1.54, 1.807) is 12.1 Å². The number of benzene rings is 1. The van der Waals surface area contributed by atoms with E-state index < -0.39 is 5.97 Å². The molecule has 7 heteroatoms. The topological polar surface area (TPSA) is 76.2 Å². The molecule has 0 unspecified atom stereocenters. The molecule has 2 rings (SSSR count). The van der Waals surface area contributed by atoms with Gasteiger partial charge in [0.05, 0.1) is 22.8 Å². The maximum atomic E-state index is 10.4. The Bertz CT molecular complexity index is 574.